The molecule has 0 aliphatic rings. The number of hydrogen-bond donors (Lipinski definition) is 2. The Balaban J connectivity index is 3.20. The molecule has 1 atom stereocenters. The number of aliphatic hydroxyl groups is 1. The van der Waals surface area contributed by atoms with E-state index in [-0.39, 0.29) is 11.9 Å². The molecule has 5 heteroatoms. The average molecular weight is 379 g/mol. The van der Waals surface area contributed by atoms with Crippen molar-refractivity contribution in [1.29, 1.82) is 0 Å². The van der Waals surface area contributed by atoms with E-state index in [9.17, 15) is 13.5 Å². The van der Waals surface area contributed by atoms with Gasteiger partial charge in [0.15, 0.2) is 0 Å². The summed E-state index contributed by atoms with van der Waals surface area (Å²) in [5.41, 5.74) is 0. The van der Waals surface area contributed by atoms with Crippen molar-refractivity contribution >= 4 is 10.1 Å². The molecule has 152 valence electrons. The minimum Gasteiger partial charge on any atom is -0.393 e. The Morgan fingerprint density at radius 1 is 0.640 bits per heavy atom. The average Bonchev–Trinajstić information content (AvgIpc) is 2.54. The van der Waals surface area contributed by atoms with Gasteiger partial charge in [-0.3, -0.25) is 4.55 Å². The molecule has 25 heavy (non-hydrogen) atoms. The summed E-state index contributed by atoms with van der Waals surface area (Å²) in [7, 11) is -3.77. The second-order valence-electron chi connectivity index (χ2n) is 7.47. The van der Waals surface area contributed by atoms with Crippen molar-refractivity contribution in [3.8, 4) is 0 Å². The van der Waals surface area contributed by atoms with Crippen LogP contribution in [0.25, 0.3) is 0 Å². The minimum absolute atomic E-state index is 0.108. The molecule has 2 N–H and O–H groups in total. The molecule has 0 aliphatic heterocycles. The topological polar surface area (TPSA) is 74.6 Å². The summed E-state index contributed by atoms with van der Waals surface area (Å²) in [6, 6.07) is 0. The molecule has 0 heterocycles. The third-order valence-electron chi connectivity index (χ3n) is 4.83. The monoisotopic (exact) mass is 378 g/mol. The molecular formula is C20H42O4S. The molecule has 4 nitrogen and oxygen atoms in total. The van der Waals surface area contributed by atoms with Gasteiger partial charge in [-0.15, -0.1) is 0 Å². The fraction of sp³-hybridized carbons (Fsp3) is 1.00. The zero-order valence-electron chi connectivity index (χ0n) is 16.4. The van der Waals surface area contributed by atoms with Crippen molar-refractivity contribution in [2.45, 2.75) is 122 Å². The van der Waals surface area contributed by atoms with Gasteiger partial charge in [-0.1, -0.05) is 96.8 Å². The highest BCUT2D eigenvalue weighted by molar-refractivity contribution is 7.85. The molecular weight excluding hydrogens is 336 g/mol. The third-order valence-corrected chi connectivity index (χ3v) is 5.64. The van der Waals surface area contributed by atoms with E-state index in [1.54, 1.807) is 0 Å². The summed E-state index contributed by atoms with van der Waals surface area (Å²) in [5, 5.41) is 9.99. The summed E-state index contributed by atoms with van der Waals surface area (Å²) in [5.74, 6) is -0.108. The Kier molecular flexibility index (Phi) is 17.2. The quantitative estimate of drug-likeness (QED) is 0.217. The number of unbranched alkanes of at least 4 members (excludes halogenated alkanes) is 13. The van der Waals surface area contributed by atoms with Gasteiger partial charge in [-0.25, -0.2) is 0 Å². The van der Waals surface area contributed by atoms with Gasteiger partial charge in [0.2, 0.25) is 0 Å². The number of rotatable bonds is 19. The smallest absolute Gasteiger partial charge is 0.264 e. The maximum absolute atomic E-state index is 10.6. The lowest BCUT2D eigenvalue weighted by Crippen LogP contribution is -2.05. The van der Waals surface area contributed by atoms with Crippen molar-refractivity contribution in [3.63, 3.8) is 0 Å². The van der Waals surface area contributed by atoms with Crippen LogP contribution in [0.4, 0.5) is 0 Å². The van der Waals surface area contributed by atoms with Crippen LogP contribution in [0, 0.1) is 0 Å². The molecule has 0 radical (unpaired) electrons. The molecule has 0 spiro atoms. The molecule has 0 fully saturated rings. The summed E-state index contributed by atoms with van der Waals surface area (Å²) in [6.07, 6.45) is 19.2. The first-order chi connectivity index (χ1) is 12.0. The van der Waals surface area contributed by atoms with Gasteiger partial charge in [-0.2, -0.15) is 8.42 Å². The molecule has 0 bridgehead atoms. The summed E-state index contributed by atoms with van der Waals surface area (Å²) in [4.78, 5) is 0. The predicted octanol–water partition coefficient (Wildman–Crippen LogP) is 5.89. The van der Waals surface area contributed by atoms with Gasteiger partial charge in [0, 0.05) is 0 Å². The Morgan fingerprint density at radius 2 is 1.00 bits per heavy atom. The zero-order valence-corrected chi connectivity index (χ0v) is 17.2. The first-order valence-corrected chi connectivity index (χ1v) is 12.2. The zero-order chi connectivity index (χ0) is 18.8. The summed E-state index contributed by atoms with van der Waals surface area (Å²) >= 11 is 0. The SMILES string of the molecule is CCCCCCCCCC(O)CCCCCCCCCCS(=O)(=O)O. The van der Waals surface area contributed by atoms with Crippen molar-refractivity contribution < 1.29 is 18.1 Å². The van der Waals surface area contributed by atoms with E-state index >= 15 is 0 Å². The Morgan fingerprint density at radius 3 is 1.40 bits per heavy atom. The Bertz CT molecular complexity index is 368. The molecule has 0 aromatic carbocycles. The van der Waals surface area contributed by atoms with Crippen LogP contribution in [0.15, 0.2) is 0 Å². The molecule has 0 aromatic heterocycles. The van der Waals surface area contributed by atoms with Gasteiger partial charge < -0.3 is 5.11 Å². The fourth-order valence-electron chi connectivity index (χ4n) is 3.21. The van der Waals surface area contributed by atoms with E-state index in [0.717, 1.165) is 44.9 Å². The van der Waals surface area contributed by atoms with E-state index in [2.05, 4.69) is 6.92 Å². The minimum atomic E-state index is -3.77. The number of aliphatic hydroxyl groups excluding tert-OH is 1. The lowest BCUT2D eigenvalue weighted by Gasteiger charge is -2.10. The highest BCUT2D eigenvalue weighted by atomic mass is 32.2. The van der Waals surface area contributed by atoms with E-state index in [1.165, 1.54) is 57.8 Å². The largest absolute Gasteiger partial charge is 0.393 e. The highest BCUT2D eigenvalue weighted by Crippen LogP contribution is 2.15. The standard InChI is InChI=1S/C20H42O4S/c1-2-3-4-5-8-11-14-17-20(21)18-15-12-9-6-7-10-13-16-19-25(22,23)24/h20-21H,2-19H2,1H3,(H,22,23,24). The highest BCUT2D eigenvalue weighted by Gasteiger charge is 2.04. The number of hydrogen-bond acceptors (Lipinski definition) is 3. The lowest BCUT2D eigenvalue weighted by molar-refractivity contribution is 0.147. The predicted molar refractivity (Wildman–Crippen MR) is 107 cm³/mol. The molecule has 0 rings (SSSR count). The van der Waals surface area contributed by atoms with Crippen molar-refractivity contribution in [3.05, 3.63) is 0 Å². The third kappa shape index (κ3) is 21.8. The summed E-state index contributed by atoms with van der Waals surface area (Å²) < 4.78 is 29.8. The van der Waals surface area contributed by atoms with Crippen LogP contribution in [0.1, 0.15) is 116 Å². The van der Waals surface area contributed by atoms with E-state index in [4.69, 9.17) is 4.55 Å². The summed E-state index contributed by atoms with van der Waals surface area (Å²) in [6.45, 7) is 2.24. The molecule has 1 unspecified atom stereocenters. The van der Waals surface area contributed by atoms with Crippen LogP contribution >= 0.6 is 0 Å². The van der Waals surface area contributed by atoms with E-state index in [0.29, 0.717) is 6.42 Å². The van der Waals surface area contributed by atoms with Gasteiger partial charge in [0.1, 0.15) is 0 Å². The van der Waals surface area contributed by atoms with Gasteiger partial charge >= 0.3 is 0 Å². The van der Waals surface area contributed by atoms with Crippen LogP contribution in [-0.2, 0) is 10.1 Å². The van der Waals surface area contributed by atoms with Crippen molar-refractivity contribution in [2.24, 2.45) is 0 Å². The second-order valence-corrected chi connectivity index (χ2v) is 9.04. The molecule has 0 aliphatic carbocycles. The van der Waals surface area contributed by atoms with Crippen LogP contribution in [-0.4, -0.2) is 29.9 Å². The van der Waals surface area contributed by atoms with Gasteiger partial charge in [0.25, 0.3) is 10.1 Å². The fourth-order valence-corrected chi connectivity index (χ4v) is 3.78. The maximum atomic E-state index is 10.6. The van der Waals surface area contributed by atoms with Crippen LogP contribution in [0.5, 0.6) is 0 Å². The molecule has 0 amide bonds. The van der Waals surface area contributed by atoms with E-state index < -0.39 is 10.1 Å². The van der Waals surface area contributed by atoms with Gasteiger partial charge in [-0.05, 0) is 19.3 Å². The van der Waals surface area contributed by atoms with E-state index in [1.807, 2.05) is 0 Å². The molecule has 0 saturated heterocycles. The lowest BCUT2D eigenvalue weighted by atomic mass is 10.0. The van der Waals surface area contributed by atoms with Crippen LogP contribution in [0.2, 0.25) is 0 Å². The maximum Gasteiger partial charge on any atom is 0.264 e. The second kappa shape index (κ2) is 17.3. The first-order valence-electron chi connectivity index (χ1n) is 10.6. The Labute approximate surface area is 156 Å². The van der Waals surface area contributed by atoms with Gasteiger partial charge in [0.05, 0.1) is 11.9 Å². The first kappa shape index (κ1) is 24.9. The Hall–Kier alpha value is -0.130. The van der Waals surface area contributed by atoms with Crippen molar-refractivity contribution in [1.82, 2.24) is 0 Å². The van der Waals surface area contributed by atoms with Crippen LogP contribution < -0.4 is 0 Å². The van der Waals surface area contributed by atoms with Crippen molar-refractivity contribution in [2.75, 3.05) is 5.75 Å². The molecule has 0 saturated carbocycles. The normalized spacial score (nSPS) is 13.2. The molecule has 0 aromatic rings. The van der Waals surface area contributed by atoms with Crippen LogP contribution in [0.3, 0.4) is 0 Å².